The van der Waals surface area contributed by atoms with Crippen molar-refractivity contribution in [3.05, 3.63) is 170 Å². The number of unbranched alkanes of at least 4 members (excludes halogenated alkanes) is 16. The second-order valence-corrected chi connectivity index (χ2v) is 20.2. The van der Waals surface area contributed by atoms with Crippen LogP contribution in [0.3, 0.4) is 0 Å². The van der Waals surface area contributed by atoms with Crippen molar-refractivity contribution in [3.8, 4) is 0 Å². The van der Waals surface area contributed by atoms with Gasteiger partial charge in [-0.15, -0.1) is 0 Å². The highest BCUT2D eigenvalue weighted by atomic mass is 16.6. The molecule has 6 heteroatoms. The summed E-state index contributed by atoms with van der Waals surface area (Å²) in [5.41, 5.74) is 0. The number of hydrogen-bond acceptors (Lipinski definition) is 6. The van der Waals surface area contributed by atoms with Crippen molar-refractivity contribution in [3.63, 3.8) is 0 Å². The third-order valence-electron chi connectivity index (χ3n) is 12.7. The lowest BCUT2D eigenvalue weighted by molar-refractivity contribution is -0.167. The second-order valence-electron chi connectivity index (χ2n) is 20.2. The maximum Gasteiger partial charge on any atom is 0.306 e. The van der Waals surface area contributed by atoms with Crippen LogP contribution in [-0.2, 0) is 28.6 Å². The van der Waals surface area contributed by atoms with E-state index in [1.165, 1.54) is 25.7 Å². The molecule has 0 aromatic rings. The second kappa shape index (κ2) is 65.3. The molecule has 1 atom stereocenters. The van der Waals surface area contributed by atoms with Gasteiger partial charge in [0.15, 0.2) is 6.10 Å². The standard InChI is InChI=1S/C73H114O6/c1-4-7-10-13-15-17-19-21-23-25-27-29-31-33-34-35-36-37-38-40-41-43-45-47-49-51-53-55-57-60-63-66-72(75)78-69-70(68-77-71(74)65-62-59-12-9-6-3)79-73(76)67-64-61-58-56-54-52-50-48-46-44-42-39-32-30-28-26-24-22-20-18-16-14-11-8-5-2/h7-8,10-11,15-18,21-24,27-30,33-34,36-37,39-42,45-48,70H,4-6,9,12-14,19-20,25-26,31-32,35,38,43-44,49-69H2,1-3H3/b10-7-,11-8-,17-15-,18-16-,23-21-,24-22-,29-27-,30-28-,34-33-,37-36-,41-40-,42-39-,47-45-,48-46-. The Morgan fingerprint density at radius 2 is 0.494 bits per heavy atom. The maximum absolute atomic E-state index is 12.8. The normalized spacial score (nSPS) is 13.3. The Morgan fingerprint density at radius 1 is 0.266 bits per heavy atom. The molecule has 1 unspecified atom stereocenters. The first-order chi connectivity index (χ1) is 39.0. The van der Waals surface area contributed by atoms with E-state index in [9.17, 15) is 14.4 Å². The van der Waals surface area contributed by atoms with E-state index in [0.29, 0.717) is 19.3 Å². The van der Waals surface area contributed by atoms with Crippen molar-refractivity contribution in [2.45, 2.75) is 258 Å². The van der Waals surface area contributed by atoms with Crippen LogP contribution in [0.4, 0.5) is 0 Å². The fourth-order valence-electron chi connectivity index (χ4n) is 8.05. The summed E-state index contributed by atoms with van der Waals surface area (Å²) < 4.78 is 16.7. The van der Waals surface area contributed by atoms with Gasteiger partial charge in [-0.05, 0) is 135 Å². The maximum atomic E-state index is 12.8. The molecule has 0 aromatic carbocycles. The summed E-state index contributed by atoms with van der Waals surface area (Å²) >= 11 is 0. The van der Waals surface area contributed by atoms with Crippen LogP contribution < -0.4 is 0 Å². The largest absolute Gasteiger partial charge is 0.462 e. The van der Waals surface area contributed by atoms with Crippen LogP contribution >= 0.6 is 0 Å². The average Bonchev–Trinajstić information content (AvgIpc) is 3.45. The van der Waals surface area contributed by atoms with E-state index >= 15 is 0 Å². The molecule has 0 N–H and O–H groups in total. The van der Waals surface area contributed by atoms with Gasteiger partial charge in [-0.1, -0.05) is 268 Å². The molecule has 0 spiro atoms. The van der Waals surface area contributed by atoms with E-state index in [-0.39, 0.29) is 31.1 Å². The lowest BCUT2D eigenvalue weighted by atomic mass is 10.1. The summed E-state index contributed by atoms with van der Waals surface area (Å²) in [6.07, 6.45) is 96.8. The first-order valence-corrected chi connectivity index (χ1v) is 31.6. The molecule has 0 rings (SSSR count). The predicted molar refractivity (Wildman–Crippen MR) is 343 cm³/mol. The molecule has 0 saturated carbocycles. The van der Waals surface area contributed by atoms with Crippen LogP contribution in [0, 0.1) is 0 Å². The van der Waals surface area contributed by atoms with E-state index < -0.39 is 6.10 Å². The Kier molecular flexibility index (Phi) is 61.0. The topological polar surface area (TPSA) is 78.9 Å². The number of esters is 3. The van der Waals surface area contributed by atoms with Crippen LogP contribution in [0.5, 0.6) is 0 Å². The third kappa shape index (κ3) is 63.5. The van der Waals surface area contributed by atoms with Gasteiger partial charge in [-0.25, -0.2) is 0 Å². The summed E-state index contributed by atoms with van der Waals surface area (Å²) in [5.74, 6) is -0.948. The Hall–Kier alpha value is -5.23. The highest BCUT2D eigenvalue weighted by molar-refractivity contribution is 5.71. The lowest BCUT2D eigenvalue weighted by Crippen LogP contribution is -2.30. The molecule has 0 aromatic heterocycles. The Balaban J connectivity index is 4.18. The fourth-order valence-corrected chi connectivity index (χ4v) is 8.05. The smallest absolute Gasteiger partial charge is 0.306 e. The highest BCUT2D eigenvalue weighted by Crippen LogP contribution is 2.14. The summed E-state index contributed by atoms with van der Waals surface area (Å²) in [7, 11) is 0. The van der Waals surface area contributed by atoms with Crippen molar-refractivity contribution in [1.82, 2.24) is 0 Å². The molecule has 0 aliphatic heterocycles. The highest BCUT2D eigenvalue weighted by Gasteiger charge is 2.19. The minimum absolute atomic E-state index is 0.0967. The molecule has 0 aliphatic carbocycles. The lowest BCUT2D eigenvalue weighted by Gasteiger charge is -2.18. The zero-order valence-corrected chi connectivity index (χ0v) is 50.6. The van der Waals surface area contributed by atoms with Crippen LogP contribution in [-0.4, -0.2) is 37.2 Å². The molecular formula is C73H114O6. The molecule has 0 radical (unpaired) electrons. The molecule has 0 heterocycles. The summed E-state index contributed by atoms with van der Waals surface area (Å²) in [5, 5.41) is 0. The first-order valence-electron chi connectivity index (χ1n) is 31.6. The van der Waals surface area contributed by atoms with E-state index in [0.717, 1.165) is 186 Å². The number of ether oxygens (including phenoxy) is 3. The van der Waals surface area contributed by atoms with E-state index in [2.05, 4.69) is 191 Å². The summed E-state index contributed by atoms with van der Waals surface area (Å²) in [4.78, 5) is 37.9. The number of rotatable bonds is 55. The van der Waals surface area contributed by atoms with Crippen LogP contribution in [0.25, 0.3) is 0 Å². The van der Waals surface area contributed by atoms with Gasteiger partial charge in [0.2, 0.25) is 0 Å². The predicted octanol–water partition coefficient (Wildman–Crippen LogP) is 21.9. The third-order valence-corrected chi connectivity index (χ3v) is 12.7. The molecule has 442 valence electrons. The number of allylic oxidation sites excluding steroid dienone is 28. The van der Waals surface area contributed by atoms with Gasteiger partial charge in [0.25, 0.3) is 0 Å². The van der Waals surface area contributed by atoms with E-state index in [1.807, 2.05) is 0 Å². The molecule has 0 fully saturated rings. The average molecular weight is 1090 g/mol. The van der Waals surface area contributed by atoms with Gasteiger partial charge < -0.3 is 14.2 Å². The van der Waals surface area contributed by atoms with Gasteiger partial charge in [0.05, 0.1) is 0 Å². The van der Waals surface area contributed by atoms with E-state index in [1.54, 1.807) is 0 Å². The van der Waals surface area contributed by atoms with Crippen molar-refractivity contribution in [2.24, 2.45) is 0 Å². The minimum Gasteiger partial charge on any atom is -0.462 e. The molecule has 6 nitrogen and oxygen atoms in total. The summed E-state index contributed by atoms with van der Waals surface area (Å²) in [6, 6.07) is 0. The number of hydrogen-bond donors (Lipinski definition) is 0. The molecule has 0 amide bonds. The van der Waals surface area contributed by atoms with Gasteiger partial charge in [0, 0.05) is 19.3 Å². The SMILES string of the molecule is CC/C=C\C/C=C\C/C=C\C/C=C\C/C=C\C/C=C\C/C=C\C/C=C\CCCCCCCCC(=O)OCC(COC(=O)CCCCCCC)OC(=O)CCCCCCCC/C=C\C/C=C\C/C=C\C/C=C\C/C=C\C/C=C\CC. The molecule has 0 aliphatic rings. The van der Waals surface area contributed by atoms with Crippen LogP contribution in [0.2, 0.25) is 0 Å². The fraction of sp³-hybridized carbons (Fsp3) is 0.575. The summed E-state index contributed by atoms with van der Waals surface area (Å²) in [6.45, 7) is 6.29. The molecule has 0 bridgehead atoms. The Labute approximate surface area is 485 Å². The van der Waals surface area contributed by atoms with Gasteiger partial charge in [-0.2, -0.15) is 0 Å². The van der Waals surface area contributed by atoms with Gasteiger partial charge in [-0.3, -0.25) is 14.4 Å². The first kappa shape index (κ1) is 73.8. The quantitative estimate of drug-likeness (QED) is 0.0261. The number of carbonyl (C=O) groups excluding carboxylic acids is 3. The molecular weight excluding hydrogens is 973 g/mol. The van der Waals surface area contributed by atoms with Crippen LogP contribution in [0.15, 0.2) is 170 Å². The van der Waals surface area contributed by atoms with Crippen LogP contribution in [0.1, 0.15) is 252 Å². The Morgan fingerprint density at radius 3 is 0.772 bits per heavy atom. The van der Waals surface area contributed by atoms with Crippen molar-refractivity contribution >= 4 is 17.9 Å². The minimum atomic E-state index is -0.798. The Bertz CT molecular complexity index is 1820. The molecule has 79 heavy (non-hydrogen) atoms. The zero-order chi connectivity index (χ0) is 57.1. The van der Waals surface area contributed by atoms with Gasteiger partial charge in [0.1, 0.15) is 13.2 Å². The van der Waals surface area contributed by atoms with Crippen molar-refractivity contribution in [2.75, 3.05) is 13.2 Å². The molecule has 0 saturated heterocycles. The van der Waals surface area contributed by atoms with Gasteiger partial charge >= 0.3 is 17.9 Å². The zero-order valence-electron chi connectivity index (χ0n) is 50.6. The monoisotopic (exact) mass is 1090 g/mol. The number of carbonyl (C=O) groups is 3. The van der Waals surface area contributed by atoms with Crippen molar-refractivity contribution in [1.29, 1.82) is 0 Å². The van der Waals surface area contributed by atoms with Crippen molar-refractivity contribution < 1.29 is 28.6 Å². The van der Waals surface area contributed by atoms with E-state index in [4.69, 9.17) is 14.2 Å².